The Bertz CT molecular complexity index is 747. The fourth-order valence-corrected chi connectivity index (χ4v) is 2.23. The number of rotatable bonds is 7. The van der Waals surface area contributed by atoms with Crippen molar-refractivity contribution >= 4 is 23.4 Å². The van der Waals surface area contributed by atoms with E-state index in [1.807, 2.05) is 12.1 Å². The van der Waals surface area contributed by atoms with Gasteiger partial charge in [0.2, 0.25) is 5.91 Å². The fourth-order valence-electron chi connectivity index (χ4n) is 2.11. The van der Waals surface area contributed by atoms with Crippen molar-refractivity contribution in [3.8, 4) is 11.5 Å². The van der Waals surface area contributed by atoms with E-state index < -0.39 is 0 Å². The first-order valence-electron chi connectivity index (χ1n) is 7.55. The van der Waals surface area contributed by atoms with Crippen molar-refractivity contribution in [2.24, 2.45) is 0 Å². The monoisotopic (exact) mass is 362 g/mol. The number of carbonyl (C=O) groups is 2. The average molecular weight is 363 g/mol. The van der Waals surface area contributed by atoms with Gasteiger partial charge in [-0.25, -0.2) is 0 Å². The van der Waals surface area contributed by atoms with Gasteiger partial charge in [-0.1, -0.05) is 23.7 Å². The first-order valence-corrected chi connectivity index (χ1v) is 7.92. The second-order valence-electron chi connectivity index (χ2n) is 5.16. The number of hydrogen-bond donors (Lipinski definition) is 2. The van der Waals surface area contributed by atoms with Gasteiger partial charge in [-0.15, -0.1) is 0 Å². The molecule has 25 heavy (non-hydrogen) atoms. The van der Waals surface area contributed by atoms with Crippen LogP contribution in [0.15, 0.2) is 42.5 Å². The molecule has 0 aromatic heterocycles. The molecular formula is C18H19ClN2O4. The quantitative estimate of drug-likeness (QED) is 0.793. The highest BCUT2D eigenvalue weighted by atomic mass is 35.5. The maximum atomic E-state index is 12.1. The number of amides is 2. The van der Waals surface area contributed by atoms with Crippen molar-refractivity contribution in [1.29, 1.82) is 0 Å². The fraction of sp³-hybridized carbons (Fsp3) is 0.222. The smallest absolute Gasteiger partial charge is 0.251 e. The van der Waals surface area contributed by atoms with Gasteiger partial charge in [0.1, 0.15) is 0 Å². The predicted molar refractivity (Wildman–Crippen MR) is 95.2 cm³/mol. The maximum absolute atomic E-state index is 12.1. The molecular weight excluding hydrogens is 344 g/mol. The van der Waals surface area contributed by atoms with Crippen LogP contribution in [0.1, 0.15) is 15.9 Å². The van der Waals surface area contributed by atoms with E-state index in [2.05, 4.69) is 10.6 Å². The van der Waals surface area contributed by atoms with Crippen LogP contribution < -0.4 is 20.1 Å². The Labute approximate surface area is 151 Å². The molecule has 0 aliphatic rings. The van der Waals surface area contributed by atoms with Gasteiger partial charge in [-0.2, -0.15) is 0 Å². The normalized spacial score (nSPS) is 10.0. The molecule has 2 aromatic rings. The first-order chi connectivity index (χ1) is 12.0. The van der Waals surface area contributed by atoms with E-state index in [1.54, 1.807) is 30.3 Å². The van der Waals surface area contributed by atoms with Crippen molar-refractivity contribution in [3.63, 3.8) is 0 Å². The molecule has 0 unspecified atom stereocenters. The summed E-state index contributed by atoms with van der Waals surface area (Å²) < 4.78 is 10.3. The third-order valence-electron chi connectivity index (χ3n) is 3.46. The summed E-state index contributed by atoms with van der Waals surface area (Å²) in [5.41, 5.74) is 1.30. The molecule has 7 heteroatoms. The van der Waals surface area contributed by atoms with Crippen molar-refractivity contribution < 1.29 is 19.1 Å². The first kappa shape index (κ1) is 18.6. The number of ether oxygens (including phenoxy) is 2. The molecule has 2 aromatic carbocycles. The van der Waals surface area contributed by atoms with E-state index >= 15 is 0 Å². The van der Waals surface area contributed by atoms with Crippen molar-refractivity contribution in [2.45, 2.75) is 6.54 Å². The van der Waals surface area contributed by atoms with Gasteiger partial charge in [0.25, 0.3) is 5.91 Å². The Morgan fingerprint density at radius 2 is 1.64 bits per heavy atom. The Balaban J connectivity index is 1.84. The molecule has 0 saturated heterocycles. The van der Waals surface area contributed by atoms with Crippen molar-refractivity contribution in [1.82, 2.24) is 10.6 Å². The number of halogens is 1. The van der Waals surface area contributed by atoms with Crippen LogP contribution in [0, 0.1) is 0 Å². The Kier molecular flexibility index (Phi) is 6.65. The molecule has 2 amide bonds. The highest BCUT2D eigenvalue weighted by Crippen LogP contribution is 2.27. The number of benzene rings is 2. The summed E-state index contributed by atoms with van der Waals surface area (Å²) in [6.07, 6.45) is 0. The third-order valence-corrected chi connectivity index (χ3v) is 3.71. The Morgan fingerprint density at radius 1 is 0.960 bits per heavy atom. The van der Waals surface area contributed by atoms with Gasteiger partial charge >= 0.3 is 0 Å². The molecule has 2 rings (SSSR count). The molecule has 0 saturated carbocycles. The number of carbonyl (C=O) groups excluding carboxylic acids is 2. The average Bonchev–Trinajstić information content (AvgIpc) is 2.64. The van der Waals surface area contributed by atoms with Gasteiger partial charge in [-0.3, -0.25) is 9.59 Å². The summed E-state index contributed by atoms with van der Waals surface area (Å²) >= 11 is 5.81. The SMILES string of the molecule is COc1ccc(C(=O)NCC(=O)NCc2ccc(Cl)cc2)cc1OC. The second kappa shape index (κ2) is 8.94. The van der Waals surface area contributed by atoms with Gasteiger partial charge in [-0.05, 0) is 35.9 Å². The summed E-state index contributed by atoms with van der Waals surface area (Å²) in [6.45, 7) is 0.239. The van der Waals surface area contributed by atoms with E-state index in [1.165, 1.54) is 14.2 Å². The van der Waals surface area contributed by atoms with E-state index in [0.29, 0.717) is 28.6 Å². The standard InChI is InChI=1S/C18H19ClN2O4/c1-24-15-8-5-13(9-16(15)25-2)18(23)21-11-17(22)20-10-12-3-6-14(19)7-4-12/h3-9H,10-11H2,1-2H3,(H,20,22)(H,21,23). The van der Waals surface area contributed by atoms with Gasteiger partial charge in [0.05, 0.1) is 20.8 Å². The predicted octanol–water partition coefficient (Wildman–Crippen LogP) is 2.40. The molecule has 2 N–H and O–H groups in total. The Morgan fingerprint density at radius 3 is 2.28 bits per heavy atom. The zero-order valence-electron chi connectivity index (χ0n) is 14.0. The van der Waals surface area contributed by atoms with Crippen LogP contribution in [0.5, 0.6) is 11.5 Å². The number of nitrogens with one attached hydrogen (secondary N) is 2. The van der Waals surface area contributed by atoms with E-state index in [9.17, 15) is 9.59 Å². The molecule has 0 atom stereocenters. The molecule has 0 fully saturated rings. The van der Waals surface area contributed by atoms with Crippen LogP contribution in [0.2, 0.25) is 5.02 Å². The molecule has 0 aliphatic heterocycles. The minimum absolute atomic E-state index is 0.124. The van der Waals surface area contributed by atoms with Crippen LogP contribution in [-0.4, -0.2) is 32.6 Å². The lowest BCUT2D eigenvalue weighted by Gasteiger charge is -2.10. The zero-order valence-corrected chi connectivity index (χ0v) is 14.7. The summed E-state index contributed by atoms with van der Waals surface area (Å²) in [5, 5.41) is 5.93. The van der Waals surface area contributed by atoms with Gasteiger partial charge < -0.3 is 20.1 Å². The summed E-state index contributed by atoms with van der Waals surface area (Å²) in [5.74, 6) is 0.313. The minimum atomic E-state index is -0.373. The van der Waals surface area contributed by atoms with E-state index in [0.717, 1.165) is 5.56 Å². The number of methoxy groups -OCH3 is 2. The maximum Gasteiger partial charge on any atom is 0.251 e. The van der Waals surface area contributed by atoms with Crippen molar-refractivity contribution in [3.05, 3.63) is 58.6 Å². The highest BCUT2D eigenvalue weighted by Gasteiger charge is 2.11. The molecule has 0 bridgehead atoms. The van der Waals surface area contributed by atoms with Gasteiger partial charge in [0, 0.05) is 17.1 Å². The molecule has 132 valence electrons. The van der Waals surface area contributed by atoms with Crippen molar-refractivity contribution in [2.75, 3.05) is 20.8 Å². The number of hydrogen-bond acceptors (Lipinski definition) is 4. The summed E-state index contributed by atoms with van der Waals surface area (Å²) in [6, 6.07) is 11.9. The van der Waals surface area contributed by atoms with Crippen LogP contribution in [0.3, 0.4) is 0 Å². The lowest BCUT2D eigenvalue weighted by molar-refractivity contribution is -0.120. The van der Waals surface area contributed by atoms with E-state index in [-0.39, 0.29) is 18.4 Å². The largest absolute Gasteiger partial charge is 0.493 e. The van der Waals surface area contributed by atoms with Crippen LogP contribution >= 0.6 is 11.6 Å². The second-order valence-corrected chi connectivity index (χ2v) is 5.59. The Hall–Kier alpha value is -2.73. The third kappa shape index (κ3) is 5.39. The lowest BCUT2D eigenvalue weighted by Crippen LogP contribution is -2.36. The van der Waals surface area contributed by atoms with Gasteiger partial charge in [0.15, 0.2) is 11.5 Å². The molecule has 6 nitrogen and oxygen atoms in total. The molecule has 0 radical (unpaired) electrons. The lowest BCUT2D eigenvalue weighted by atomic mass is 10.2. The summed E-state index contributed by atoms with van der Waals surface area (Å²) in [4.78, 5) is 24.0. The van der Waals surface area contributed by atoms with Crippen LogP contribution in [0.4, 0.5) is 0 Å². The van der Waals surface area contributed by atoms with Crippen LogP contribution in [-0.2, 0) is 11.3 Å². The zero-order chi connectivity index (χ0) is 18.2. The topological polar surface area (TPSA) is 76.7 Å². The van der Waals surface area contributed by atoms with Crippen LogP contribution in [0.25, 0.3) is 0 Å². The summed E-state index contributed by atoms with van der Waals surface area (Å²) in [7, 11) is 3.01. The molecule has 0 heterocycles. The van der Waals surface area contributed by atoms with E-state index in [4.69, 9.17) is 21.1 Å². The molecule has 0 spiro atoms. The minimum Gasteiger partial charge on any atom is -0.493 e. The molecule has 0 aliphatic carbocycles. The highest BCUT2D eigenvalue weighted by molar-refractivity contribution is 6.30.